The van der Waals surface area contributed by atoms with Crippen LogP contribution in [-0.4, -0.2) is 18.8 Å². The maximum Gasteiger partial charge on any atom is 0.234 e. The van der Waals surface area contributed by atoms with Crippen molar-refractivity contribution in [2.75, 3.05) is 18.2 Å². The molecule has 120 valence electrons. The molecule has 3 nitrogen and oxygen atoms in total. The summed E-state index contributed by atoms with van der Waals surface area (Å²) >= 11 is 7.82. The molecule has 1 amide bonds. The molecule has 0 fully saturated rings. The minimum absolute atomic E-state index is 0.0158. The fourth-order valence-electron chi connectivity index (χ4n) is 2.95. The van der Waals surface area contributed by atoms with E-state index in [4.69, 9.17) is 16.3 Å². The number of halogens is 1. The second-order valence-electron chi connectivity index (χ2n) is 5.35. The largest absolute Gasteiger partial charge is 0.496 e. The standard InChI is InChI=1S/C18H18ClNO2S/c1-3-12-13(5-4-6-16(12)22-2)18-14-9-11(19)7-8-15(14)20-17(21)10-23-18/h4-9,18H,3,10H2,1-2H3,(H,20,21)/t18-/m1/s1. The number of rotatable bonds is 3. The third-order valence-electron chi connectivity index (χ3n) is 3.98. The van der Waals surface area contributed by atoms with Crippen LogP contribution in [0.3, 0.4) is 0 Å². The van der Waals surface area contributed by atoms with E-state index in [0.717, 1.165) is 23.4 Å². The number of carbonyl (C=O) groups is 1. The molecule has 3 rings (SSSR count). The van der Waals surface area contributed by atoms with Crippen LogP contribution in [0.2, 0.25) is 5.02 Å². The van der Waals surface area contributed by atoms with Crippen LogP contribution >= 0.6 is 23.4 Å². The second kappa shape index (κ2) is 6.85. The van der Waals surface area contributed by atoms with Crippen LogP contribution in [0.4, 0.5) is 5.69 Å². The van der Waals surface area contributed by atoms with Gasteiger partial charge in [-0.05, 0) is 47.4 Å². The molecule has 2 aromatic rings. The molecule has 0 aliphatic carbocycles. The van der Waals surface area contributed by atoms with E-state index in [1.54, 1.807) is 24.9 Å². The van der Waals surface area contributed by atoms with Crippen molar-refractivity contribution in [3.63, 3.8) is 0 Å². The van der Waals surface area contributed by atoms with Gasteiger partial charge in [-0.3, -0.25) is 4.79 Å². The topological polar surface area (TPSA) is 38.3 Å². The SMILES string of the molecule is CCc1c(OC)cccc1[C@H]1SCC(=O)Nc2ccc(Cl)cc21. The molecule has 1 heterocycles. The van der Waals surface area contributed by atoms with Crippen molar-refractivity contribution in [3.8, 4) is 5.75 Å². The predicted octanol–water partition coefficient (Wildman–Crippen LogP) is 4.69. The molecule has 0 spiro atoms. The van der Waals surface area contributed by atoms with Gasteiger partial charge in [0.2, 0.25) is 5.91 Å². The van der Waals surface area contributed by atoms with Crippen molar-refractivity contribution >= 4 is 35.0 Å². The Hall–Kier alpha value is -1.65. The molecule has 1 atom stereocenters. The number of benzene rings is 2. The minimum atomic E-state index is 0.0158. The highest BCUT2D eigenvalue weighted by molar-refractivity contribution is 8.00. The van der Waals surface area contributed by atoms with Crippen LogP contribution in [0.15, 0.2) is 36.4 Å². The van der Waals surface area contributed by atoms with E-state index in [2.05, 4.69) is 18.3 Å². The summed E-state index contributed by atoms with van der Waals surface area (Å²) in [7, 11) is 1.69. The first-order valence-electron chi connectivity index (χ1n) is 7.50. The molecule has 1 aliphatic rings. The van der Waals surface area contributed by atoms with Crippen LogP contribution in [0.25, 0.3) is 0 Å². The quantitative estimate of drug-likeness (QED) is 0.875. The predicted molar refractivity (Wildman–Crippen MR) is 96.8 cm³/mol. The Labute approximate surface area is 145 Å². The Morgan fingerprint density at radius 3 is 2.87 bits per heavy atom. The monoisotopic (exact) mass is 347 g/mol. The third kappa shape index (κ3) is 3.19. The minimum Gasteiger partial charge on any atom is -0.496 e. The maximum absolute atomic E-state index is 12.0. The summed E-state index contributed by atoms with van der Waals surface area (Å²) < 4.78 is 5.51. The lowest BCUT2D eigenvalue weighted by molar-refractivity contribution is -0.113. The Balaban J connectivity index is 2.17. The van der Waals surface area contributed by atoms with Crippen molar-refractivity contribution in [2.24, 2.45) is 0 Å². The molecule has 1 N–H and O–H groups in total. The van der Waals surface area contributed by atoms with Crippen LogP contribution in [0.1, 0.15) is 28.9 Å². The summed E-state index contributed by atoms with van der Waals surface area (Å²) in [5.74, 6) is 1.32. The van der Waals surface area contributed by atoms with Crippen molar-refractivity contribution in [2.45, 2.75) is 18.6 Å². The zero-order valence-corrected chi connectivity index (χ0v) is 14.6. The zero-order chi connectivity index (χ0) is 16.4. The molecule has 2 aromatic carbocycles. The lowest BCUT2D eigenvalue weighted by Gasteiger charge is -2.21. The van der Waals surface area contributed by atoms with E-state index < -0.39 is 0 Å². The van der Waals surface area contributed by atoms with Crippen LogP contribution in [0.5, 0.6) is 5.75 Å². The van der Waals surface area contributed by atoms with Gasteiger partial charge in [-0.25, -0.2) is 0 Å². The second-order valence-corrected chi connectivity index (χ2v) is 6.88. The summed E-state index contributed by atoms with van der Waals surface area (Å²) in [5, 5.41) is 3.69. The summed E-state index contributed by atoms with van der Waals surface area (Å²) in [5.41, 5.74) is 4.22. The Morgan fingerprint density at radius 2 is 2.13 bits per heavy atom. The van der Waals surface area contributed by atoms with Gasteiger partial charge >= 0.3 is 0 Å². The molecule has 0 bridgehead atoms. The van der Waals surface area contributed by atoms with Gasteiger partial charge in [0.25, 0.3) is 0 Å². The molecule has 0 saturated carbocycles. The number of nitrogens with one attached hydrogen (secondary N) is 1. The number of thioether (sulfide) groups is 1. The number of fused-ring (bicyclic) bond motifs is 1. The number of carbonyl (C=O) groups excluding carboxylic acids is 1. The van der Waals surface area contributed by atoms with Crippen LogP contribution in [-0.2, 0) is 11.2 Å². The van der Waals surface area contributed by atoms with Crippen LogP contribution in [0, 0.1) is 0 Å². The number of ether oxygens (including phenoxy) is 1. The smallest absolute Gasteiger partial charge is 0.234 e. The van der Waals surface area contributed by atoms with Gasteiger partial charge in [-0.15, -0.1) is 11.8 Å². The molecule has 1 aliphatic heterocycles. The normalized spacial score (nSPS) is 17.2. The summed E-state index contributed by atoms with van der Waals surface area (Å²) in [6.07, 6.45) is 0.869. The van der Waals surface area contributed by atoms with E-state index in [1.165, 1.54) is 11.1 Å². The molecular weight excluding hydrogens is 330 g/mol. The van der Waals surface area contributed by atoms with Gasteiger partial charge < -0.3 is 10.1 Å². The first-order valence-corrected chi connectivity index (χ1v) is 8.93. The van der Waals surface area contributed by atoms with Crippen molar-refractivity contribution in [1.82, 2.24) is 0 Å². The van der Waals surface area contributed by atoms with Crippen molar-refractivity contribution in [1.29, 1.82) is 0 Å². The fourth-order valence-corrected chi connectivity index (χ4v) is 4.30. The molecule has 0 saturated heterocycles. The number of hydrogen-bond acceptors (Lipinski definition) is 3. The molecule has 0 unspecified atom stereocenters. The Morgan fingerprint density at radius 1 is 1.30 bits per heavy atom. The van der Waals surface area contributed by atoms with E-state index >= 15 is 0 Å². The van der Waals surface area contributed by atoms with Gasteiger partial charge in [0.1, 0.15) is 5.75 Å². The molecule has 0 aromatic heterocycles. The number of hydrogen-bond donors (Lipinski definition) is 1. The molecular formula is C18H18ClNO2S. The highest BCUT2D eigenvalue weighted by Crippen LogP contribution is 2.45. The van der Waals surface area contributed by atoms with E-state index in [0.29, 0.717) is 10.8 Å². The number of methoxy groups -OCH3 is 1. The van der Waals surface area contributed by atoms with E-state index in [1.807, 2.05) is 24.3 Å². The van der Waals surface area contributed by atoms with Gasteiger partial charge in [-0.1, -0.05) is 30.7 Å². The summed E-state index contributed by atoms with van der Waals surface area (Å²) in [6.45, 7) is 2.12. The number of anilines is 1. The maximum atomic E-state index is 12.0. The average molecular weight is 348 g/mol. The number of amides is 1. The van der Waals surface area contributed by atoms with E-state index in [-0.39, 0.29) is 11.2 Å². The highest BCUT2D eigenvalue weighted by Gasteiger charge is 2.26. The first-order chi connectivity index (χ1) is 11.1. The van der Waals surface area contributed by atoms with Crippen LogP contribution < -0.4 is 10.1 Å². The zero-order valence-electron chi connectivity index (χ0n) is 13.1. The van der Waals surface area contributed by atoms with E-state index in [9.17, 15) is 4.79 Å². The third-order valence-corrected chi connectivity index (χ3v) is 5.48. The Bertz CT molecular complexity index is 748. The molecule has 23 heavy (non-hydrogen) atoms. The lowest BCUT2D eigenvalue weighted by Crippen LogP contribution is -2.12. The lowest BCUT2D eigenvalue weighted by atomic mass is 9.96. The van der Waals surface area contributed by atoms with Gasteiger partial charge in [0.15, 0.2) is 0 Å². The Kier molecular flexibility index (Phi) is 4.83. The van der Waals surface area contributed by atoms with Gasteiger partial charge in [0, 0.05) is 10.7 Å². The average Bonchev–Trinajstić information content (AvgIpc) is 2.72. The summed E-state index contributed by atoms with van der Waals surface area (Å²) in [6, 6.07) is 11.7. The first kappa shape index (κ1) is 16.2. The fraction of sp³-hybridized carbons (Fsp3) is 0.278. The molecule has 0 radical (unpaired) electrons. The van der Waals surface area contributed by atoms with Gasteiger partial charge in [-0.2, -0.15) is 0 Å². The summed E-state index contributed by atoms with van der Waals surface area (Å²) in [4.78, 5) is 12.0. The molecule has 5 heteroatoms. The van der Waals surface area contributed by atoms with Crippen molar-refractivity contribution in [3.05, 3.63) is 58.1 Å². The van der Waals surface area contributed by atoms with Crippen molar-refractivity contribution < 1.29 is 9.53 Å². The highest BCUT2D eigenvalue weighted by atomic mass is 35.5. The van der Waals surface area contributed by atoms with Gasteiger partial charge in [0.05, 0.1) is 18.1 Å².